The predicted octanol–water partition coefficient (Wildman–Crippen LogP) is 5.30. The molecule has 1 saturated heterocycles. The number of hydrogen-bond donors (Lipinski definition) is 0. The monoisotopic (exact) mass is 478 g/mol. The number of unbranched alkanes of at least 4 members (excludes halogenated alkanes) is 2. The summed E-state index contributed by atoms with van der Waals surface area (Å²) in [6.07, 6.45) is 7.31. The van der Waals surface area contributed by atoms with Crippen LogP contribution in [0.25, 0.3) is 10.2 Å². The van der Waals surface area contributed by atoms with E-state index in [-0.39, 0.29) is 11.7 Å². The molecule has 4 rings (SSSR count). The molecule has 1 fully saturated rings. The molecule has 0 saturated carbocycles. The summed E-state index contributed by atoms with van der Waals surface area (Å²) in [6.45, 7) is 7.30. The molecule has 0 bridgehead atoms. The van der Waals surface area contributed by atoms with E-state index in [4.69, 9.17) is 0 Å². The van der Waals surface area contributed by atoms with Gasteiger partial charge in [-0.15, -0.1) is 11.3 Å². The van der Waals surface area contributed by atoms with Crippen LogP contribution < -0.4 is 4.90 Å². The van der Waals surface area contributed by atoms with Gasteiger partial charge < -0.3 is 9.80 Å². The van der Waals surface area contributed by atoms with Crippen LogP contribution in [0.15, 0.2) is 36.7 Å². The lowest BCUT2D eigenvalue weighted by molar-refractivity contribution is -0.131. The lowest BCUT2D eigenvalue weighted by Crippen LogP contribution is -2.49. The van der Waals surface area contributed by atoms with Gasteiger partial charge in [0.05, 0.1) is 5.39 Å². The summed E-state index contributed by atoms with van der Waals surface area (Å²) in [5.74, 6) is 1.40. The Morgan fingerprint density at radius 1 is 0.912 bits per heavy atom. The molecule has 3 heterocycles. The number of hydrogen-bond acceptors (Lipinski definition) is 6. The van der Waals surface area contributed by atoms with Gasteiger partial charge in [0.15, 0.2) is 5.78 Å². The van der Waals surface area contributed by atoms with Crippen molar-refractivity contribution in [3.63, 3.8) is 0 Å². The Kier molecular flexibility index (Phi) is 8.27. The Labute approximate surface area is 206 Å². The van der Waals surface area contributed by atoms with Crippen LogP contribution in [0.5, 0.6) is 0 Å². The Balaban J connectivity index is 1.18. The van der Waals surface area contributed by atoms with Gasteiger partial charge >= 0.3 is 0 Å². The van der Waals surface area contributed by atoms with Crippen molar-refractivity contribution >= 4 is 39.1 Å². The van der Waals surface area contributed by atoms with Crippen molar-refractivity contribution in [3.05, 3.63) is 52.7 Å². The summed E-state index contributed by atoms with van der Waals surface area (Å²) in [5, 5.41) is 1.12. The van der Waals surface area contributed by atoms with E-state index >= 15 is 0 Å². The SMILES string of the molecule is CCc1ccc(C(=O)CCCCCC(=O)N2CCN(c3ncnc4sc(CC)cc34)CC2)cc1. The highest BCUT2D eigenvalue weighted by molar-refractivity contribution is 7.18. The van der Waals surface area contributed by atoms with Gasteiger partial charge in [-0.1, -0.05) is 44.5 Å². The van der Waals surface area contributed by atoms with Gasteiger partial charge in [-0.25, -0.2) is 9.97 Å². The molecular formula is C27H34N4O2S. The number of ketones is 1. The summed E-state index contributed by atoms with van der Waals surface area (Å²) in [7, 11) is 0. The van der Waals surface area contributed by atoms with E-state index in [0.29, 0.717) is 12.8 Å². The summed E-state index contributed by atoms with van der Waals surface area (Å²) in [5.41, 5.74) is 2.04. The van der Waals surface area contributed by atoms with Crippen LogP contribution in [0.2, 0.25) is 0 Å². The number of thiophene rings is 1. The van der Waals surface area contributed by atoms with E-state index in [0.717, 1.165) is 79.9 Å². The van der Waals surface area contributed by atoms with Gasteiger partial charge in [0.1, 0.15) is 17.0 Å². The van der Waals surface area contributed by atoms with Crippen molar-refractivity contribution in [1.29, 1.82) is 0 Å². The maximum Gasteiger partial charge on any atom is 0.222 e. The van der Waals surface area contributed by atoms with E-state index in [2.05, 4.69) is 34.8 Å². The highest BCUT2D eigenvalue weighted by Gasteiger charge is 2.23. The first kappa shape index (κ1) is 24.3. The number of piperazine rings is 1. The Hall–Kier alpha value is -2.80. The van der Waals surface area contributed by atoms with E-state index in [1.807, 2.05) is 29.2 Å². The van der Waals surface area contributed by atoms with Gasteiger partial charge in [-0.3, -0.25) is 9.59 Å². The Morgan fingerprint density at radius 3 is 2.35 bits per heavy atom. The normalized spacial score (nSPS) is 14.1. The van der Waals surface area contributed by atoms with E-state index in [1.165, 1.54) is 10.4 Å². The average Bonchev–Trinajstić information content (AvgIpc) is 3.32. The van der Waals surface area contributed by atoms with Crippen molar-refractivity contribution < 1.29 is 9.59 Å². The van der Waals surface area contributed by atoms with Crippen LogP contribution in [0.3, 0.4) is 0 Å². The zero-order valence-corrected chi connectivity index (χ0v) is 21.1. The largest absolute Gasteiger partial charge is 0.352 e. The summed E-state index contributed by atoms with van der Waals surface area (Å²) < 4.78 is 0. The molecule has 1 aromatic carbocycles. The van der Waals surface area contributed by atoms with E-state index < -0.39 is 0 Å². The number of carbonyl (C=O) groups excluding carboxylic acids is 2. The molecule has 0 radical (unpaired) electrons. The molecule has 34 heavy (non-hydrogen) atoms. The molecule has 0 atom stereocenters. The van der Waals surface area contributed by atoms with Gasteiger partial charge in [0.25, 0.3) is 0 Å². The van der Waals surface area contributed by atoms with Gasteiger partial charge in [-0.2, -0.15) is 0 Å². The molecule has 3 aromatic rings. The van der Waals surface area contributed by atoms with Crippen molar-refractivity contribution in [2.75, 3.05) is 31.1 Å². The van der Waals surface area contributed by atoms with Crippen LogP contribution in [0.1, 0.15) is 66.8 Å². The number of amides is 1. The second-order valence-electron chi connectivity index (χ2n) is 8.88. The smallest absolute Gasteiger partial charge is 0.222 e. The average molecular weight is 479 g/mol. The summed E-state index contributed by atoms with van der Waals surface area (Å²) in [6, 6.07) is 10.1. The molecule has 0 spiro atoms. The molecule has 0 unspecified atom stereocenters. The minimum absolute atomic E-state index is 0.195. The number of nitrogens with zero attached hydrogens (tertiary/aromatic N) is 4. The van der Waals surface area contributed by atoms with Gasteiger partial charge in [0, 0.05) is 49.5 Å². The number of anilines is 1. The fraction of sp³-hybridized carbons (Fsp3) is 0.481. The molecule has 1 aliphatic heterocycles. The lowest BCUT2D eigenvalue weighted by atomic mass is 10.0. The number of rotatable bonds is 10. The molecule has 2 aromatic heterocycles. The second kappa shape index (κ2) is 11.6. The zero-order chi connectivity index (χ0) is 23.9. The fourth-order valence-electron chi connectivity index (χ4n) is 4.45. The first-order valence-electron chi connectivity index (χ1n) is 12.5. The number of aromatic nitrogens is 2. The standard InChI is InChI=1S/C27H34N4O2S/c1-3-20-10-12-21(13-11-20)24(32)8-6-5-7-9-25(33)30-14-16-31(17-15-30)26-23-18-22(4-2)34-27(23)29-19-28-26/h10-13,18-19H,3-9,14-17H2,1-2H3. The highest BCUT2D eigenvalue weighted by atomic mass is 32.1. The Bertz CT molecular complexity index is 1120. The van der Waals surface area contributed by atoms with Crippen LogP contribution >= 0.6 is 11.3 Å². The van der Waals surface area contributed by atoms with Crippen molar-refractivity contribution in [2.45, 2.75) is 58.8 Å². The van der Waals surface area contributed by atoms with Gasteiger partial charge in [-0.05, 0) is 37.3 Å². The third kappa shape index (κ3) is 5.81. The van der Waals surface area contributed by atoms with E-state index in [9.17, 15) is 9.59 Å². The Morgan fingerprint density at radius 2 is 1.65 bits per heavy atom. The van der Waals surface area contributed by atoms with Crippen LogP contribution in [-0.4, -0.2) is 52.7 Å². The molecule has 7 heteroatoms. The molecule has 6 nitrogen and oxygen atoms in total. The topological polar surface area (TPSA) is 66.4 Å². The molecule has 180 valence electrons. The lowest BCUT2D eigenvalue weighted by Gasteiger charge is -2.35. The number of carbonyl (C=O) groups is 2. The molecular weight excluding hydrogens is 444 g/mol. The maximum absolute atomic E-state index is 12.7. The third-order valence-corrected chi connectivity index (χ3v) is 7.81. The molecule has 0 aliphatic carbocycles. The summed E-state index contributed by atoms with van der Waals surface area (Å²) >= 11 is 1.73. The van der Waals surface area contributed by atoms with Crippen molar-refractivity contribution in [1.82, 2.24) is 14.9 Å². The first-order valence-corrected chi connectivity index (χ1v) is 13.3. The van der Waals surface area contributed by atoms with E-state index in [1.54, 1.807) is 17.7 Å². The maximum atomic E-state index is 12.7. The van der Waals surface area contributed by atoms with Gasteiger partial charge in [0.2, 0.25) is 5.91 Å². The zero-order valence-electron chi connectivity index (χ0n) is 20.3. The quantitative estimate of drug-likeness (QED) is 0.292. The minimum atomic E-state index is 0.195. The first-order chi connectivity index (χ1) is 16.6. The number of Topliss-reactive ketones (excluding diaryl/α,β-unsaturated/α-hetero) is 1. The van der Waals surface area contributed by atoms with Crippen molar-refractivity contribution in [3.8, 4) is 0 Å². The van der Waals surface area contributed by atoms with Crippen LogP contribution in [0, 0.1) is 0 Å². The third-order valence-electron chi connectivity index (χ3n) is 6.62. The highest BCUT2D eigenvalue weighted by Crippen LogP contribution is 2.31. The minimum Gasteiger partial charge on any atom is -0.352 e. The molecule has 0 N–H and O–H groups in total. The number of aryl methyl sites for hydroxylation is 2. The number of benzene rings is 1. The van der Waals surface area contributed by atoms with Crippen molar-refractivity contribution in [2.24, 2.45) is 0 Å². The predicted molar refractivity (Wildman–Crippen MR) is 139 cm³/mol. The molecule has 1 aliphatic rings. The molecule has 1 amide bonds. The van der Waals surface area contributed by atoms with Crippen LogP contribution in [0.4, 0.5) is 5.82 Å². The second-order valence-corrected chi connectivity index (χ2v) is 10.00. The number of fused-ring (bicyclic) bond motifs is 1. The van der Waals surface area contributed by atoms with Crippen LogP contribution in [-0.2, 0) is 17.6 Å². The summed E-state index contributed by atoms with van der Waals surface area (Å²) in [4.78, 5) is 40.6. The fourth-order valence-corrected chi connectivity index (χ4v) is 5.38.